The van der Waals surface area contributed by atoms with Crippen molar-refractivity contribution in [3.8, 4) is 0 Å². The van der Waals surface area contributed by atoms with Crippen LogP contribution in [0.25, 0.3) is 0 Å². The van der Waals surface area contributed by atoms with Crippen LogP contribution in [0.3, 0.4) is 0 Å². The van der Waals surface area contributed by atoms with Crippen LogP contribution in [0.4, 0.5) is 0 Å². The fourth-order valence-electron chi connectivity index (χ4n) is 0.374. The molecule has 0 aliphatic carbocycles. The summed E-state index contributed by atoms with van der Waals surface area (Å²) in [6.07, 6.45) is 1.44. The van der Waals surface area contributed by atoms with Crippen LogP contribution in [-0.2, 0) is 9.57 Å². The van der Waals surface area contributed by atoms with Crippen LogP contribution >= 0.6 is 11.6 Å². The van der Waals surface area contributed by atoms with Crippen LogP contribution in [0.15, 0.2) is 25.1 Å². The van der Waals surface area contributed by atoms with Crippen molar-refractivity contribution in [1.82, 2.24) is 5.48 Å². The summed E-state index contributed by atoms with van der Waals surface area (Å²) in [5, 5.41) is 0. The van der Waals surface area contributed by atoms with Gasteiger partial charge in [-0.25, -0.2) is 10.3 Å². The Balaban J connectivity index is 3.37. The molecule has 0 saturated carbocycles. The molecule has 1 unspecified atom stereocenters. The van der Waals surface area contributed by atoms with Crippen LogP contribution in [0.2, 0.25) is 0 Å². The minimum absolute atomic E-state index is 0.333. The molecule has 3 nitrogen and oxygen atoms in total. The van der Waals surface area contributed by atoms with Gasteiger partial charge in [0.2, 0.25) is 5.88 Å². The summed E-state index contributed by atoms with van der Waals surface area (Å²) < 4.78 is 4.91. The summed E-state index contributed by atoms with van der Waals surface area (Å²) in [6, 6.07) is 0. The van der Waals surface area contributed by atoms with E-state index < -0.39 is 5.56 Å². The van der Waals surface area contributed by atoms with Crippen LogP contribution < -0.4 is 5.48 Å². The smallest absolute Gasteiger partial charge is 0.203 e. The zero-order valence-corrected chi connectivity index (χ0v) is 7.23. The van der Waals surface area contributed by atoms with Gasteiger partial charge in [-0.2, -0.15) is 0 Å². The predicted molar refractivity (Wildman–Crippen MR) is 44.8 cm³/mol. The molecule has 0 aromatic carbocycles. The molecule has 4 heteroatoms. The second-order valence-corrected chi connectivity index (χ2v) is 2.09. The van der Waals surface area contributed by atoms with E-state index in [2.05, 4.69) is 18.6 Å². The summed E-state index contributed by atoms with van der Waals surface area (Å²) in [4.78, 5) is 4.78. The average molecular weight is 178 g/mol. The molecule has 0 saturated heterocycles. The van der Waals surface area contributed by atoms with Gasteiger partial charge in [-0.05, 0) is 19.6 Å². The number of alkyl halides is 1. The third kappa shape index (κ3) is 5.76. The number of hydrogen-bond acceptors (Lipinski definition) is 3. The number of hydroxylamine groups is 1. The number of ether oxygens (including phenoxy) is 1. The standard InChI is InChI=1S/C7H12ClNO2/c1-4-7(8)11-9-6(3)10-5-2/h4,7,9H,1,3,5H2,2H3. The van der Waals surface area contributed by atoms with Gasteiger partial charge in [0.05, 0.1) is 6.61 Å². The monoisotopic (exact) mass is 177 g/mol. The lowest BCUT2D eigenvalue weighted by atomic mass is 10.7. The third-order valence-electron chi connectivity index (χ3n) is 0.789. The fourth-order valence-corrected chi connectivity index (χ4v) is 0.418. The van der Waals surface area contributed by atoms with E-state index in [9.17, 15) is 0 Å². The Morgan fingerprint density at radius 1 is 1.82 bits per heavy atom. The van der Waals surface area contributed by atoms with Crippen molar-refractivity contribution in [1.29, 1.82) is 0 Å². The first kappa shape index (κ1) is 10.3. The van der Waals surface area contributed by atoms with Gasteiger partial charge >= 0.3 is 0 Å². The van der Waals surface area contributed by atoms with Crippen LogP contribution in [0.5, 0.6) is 0 Å². The van der Waals surface area contributed by atoms with Gasteiger partial charge < -0.3 is 4.74 Å². The maximum atomic E-state index is 5.51. The number of rotatable bonds is 6. The van der Waals surface area contributed by atoms with Crippen LogP contribution in [0.1, 0.15) is 6.92 Å². The molecular formula is C7H12ClNO2. The molecule has 0 aliphatic rings. The Morgan fingerprint density at radius 3 is 2.91 bits per heavy atom. The van der Waals surface area contributed by atoms with Crippen molar-refractivity contribution < 1.29 is 9.57 Å². The highest BCUT2D eigenvalue weighted by Gasteiger charge is 1.98. The SMILES string of the molecule is C=CC(Cl)ONC(=C)OCC. The van der Waals surface area contributed by atoms with Gasteiger partial charge in [-0.15, -0.1) is 0 Å². The second kappa shape index (κ2) is 6.07. The van der Waals surface area contributed by atoms with E-state index in [-0.39, 0.29) is 0 Å². The Morgan fingerprint density at radius 2 is 2.45 bits per heavy atom. The normalized spacial score (nSPS) is 11.8. The first-order chi connectivity index (χ1) is 5.20. The molecule has 0 spiro atoms. The lowest BCUT2D eigenvalue weighted by molar-refractivity contribution is 0.0159. The summed E-state index contributed by atoms with van der Waals surface area (Å²) in [6.45, 7) is 9.30. The molecule has 0 bridgehead atoms. The molecule has 1 N–H and O–H groups in total. The van der Waals surface area contributed by atoms with E-state index in [1.54, 1.807) is 0 Å². The summed E-state index contributed by atoms with van der Waals surface area (Å²) in [7, 11) is 0. The highest BCUT2D eigenvalue weighted by atomic mass is 35.5. The lowest BCUT2D eigenvalue weighted by Gasteiger charge is -2.10. The lowest BCUT2D eigenvalue weighted by Crippen LogP contribution is -2.19. The molecule has 0 aromatic heterocycles. The highest BCUT2D eigenvalue weighted by molar-refractivity contribution is 6.20. The molecule has 0 aromatic rings. The summed E-state index contributed by atoms with van der Waals surface area (Å²) in [5.74, 6) is 0.333. The van der Waals surface area contributed by atoms with Gasteiger partial charge in [0.15, 0.2) is 5.56 Å². The Hall–Kier alpha value is -0.670. The fraction of sp³-hybridized carbons (Fsp3) is 0.429. The van der Waals surface area contributed by atoms with Crippen molar-refractivity contribution >= 4 is 11.6 Å². The predicted octanol–water partition coefficient (Wildman–Crippen LogP) is 1.77. The van der Waals surface area contributed by atoms with Crippen molar-refractivity contribution in [3.05, 3.63) is 25.1 Å². The highest BCUT2D eigenvalue weighted by Crippen LogP contribution is 1.97. The molecule has 1 atom stereocenters. The average Bonchev–Trinajstić information content (AvgIpc) is 2.01. The van der Waals surface area contributed by atoms with E-state index in [0.29, 0.717) is 12.5 Å². The first-order valence-electron chi connectivity index (χ1n) is 3.20. The third-order valence-corrected chi connectivity index (χ3v) is 1.06. The molecular weight excluding hydrogens is 166 g/mol. The molecule has 0 radical (unpaired) electrons. The van der Waals surface area contributed by atoms with Crippen molar-refractivity contribution in [2.24, 2.45) is 0 Å². The minimum atomic E-state index is -0.577. The van der Waals surface area contributed by atoms with E-state index in [1.165, 1.54) is 6.08 Å². The van der Waals surface area contributed by atoms with Gasteiger partial charge in [-0.1, -0.05) is 18.2 Å². The van der Waals surface area contributed by atoms with Crippen molar-refractivity contribution in [2.45, 2.75) is 12.5 Å². The molecule has 0 aliphatic heterocycles. The minimum Gasteiger partial charge on any atom is -0.478 e. The molecule has 64 valence electrons. The number of hydrogen-bond donors (Lipinski definition) is 1. The van der Waals surface area contributed by atoms with E-state index >= 15 is 0 Å². The maximum Gasteiger partial charge on any atom is 0.203 e. The first-order valence-corrected chi connectivity index (χ1v) is 3.64. The van der Waals surface area contributed by atoms with Crippen LogP contribution in [0, 0.1) is 0 Å². The zero-order chi connectivity index (χ0) is 8.69. The van der Waals surface area contributed by atoms with E-state index in [0.717, 1.165) is 0 Å². The zero-order valence-electron chi connectivity index (χ0n) is 6.47. The molecule has 0 rings (SSSR count). The molecule has 0 fully saturated rings. The largest absolute Gasteiger partial charge is 0.478 e. The Kier molecular flexibility index (Phi) is 5.70. The topological polar surface area (TPSA) is 30.5 Å². The van der Waals surface area contributed by atoms with E-state index in [4.69, 9.17) is 21.2 Å². The van der Waals surface area contributed by atoms with Crippen molar-refractivity contribution in [2.75, 3.05) is 6.61 Å². The maximum absolute atomic E-state index is 5.51. The summed E-state index contributed by atoms with van der Waals surface area (Å²) in [5.41, 5.74) is 1.84. The Bertz CT molecular complexity index is 138. The van der Waals surface area contributed by atoms with Gasteiger partial charge in [-0.3, -0.25) is 0 Å². The quantitative estimate of drug-likeness (QED) is 0.290. The summed E-state index contributed by atoms with van der Waals surface area (Å²) >= 11 is 5.51. The number of nitrogens with one attached hydrogen (secondary N) is 1. The van der Waals surface area contributed by atoms with Crippen LogP contribution in [-0.4, -0.2) is 12.2 Å². The van der Waals surface area contributed by atoms with E-state index in [1.807, 2.05) is 6.92 Å². The number of halogens is 1. The van der Waals surface area contributed by atoms with Crippen molar-refractivity contribution in [3.63, 3.8) is 0 Å². The molecule has 11 heavy (non-hydrogen) atoms. The van der Waals surface area contributed by atoms with Gasteiger partial charge in [0, 0.05) is 0 Å². The molecule has 0 heterocycles. The molecule has 0 amide bonds. The Labute approximate surface area is 71.6 Å². The van der Waals surface area contributed by atoms with Gasteiger partial charge in [0.25, 0.3) is 0 Å². The second-order valence-electron chi connectivity index (χ2n) is 1.66. The van der Waals surface area contributed by atoms with Gasteiger partial charge in [0.1, 0.15) is 0 Å².